The van der Waals surface area contributed by atoms with Crippen LogP contribution in [0.25, 0.3) is 0 Å². The number of carbonyl (C=O) groups is 2. The third-order valence-electron chi connectivity index (χ3n) is 3.22. The van der Waals surface area contributed by atoms with Crippen LogP contribution >= 0.6 is 23.4 Å². The number of amides is 1. The summed E-state index contributed by atoms with van der Waals surface area (Å²) in [7, 11) is 0. The number of hydrogen-bond donors (Lipinski definition) is 2. The van der Waals surface area contributed by atoms with Gasteiger partial charge in [-0.05, 0) is 26.0 Å². The van der Waals surface area contributed by atoms with Gasteiger partial charge in [0, 0.05) is 6.07 Å². The van der Waals surface area contributed by atoms with E-state index in [1.54, 1.807) is 0 Å². The summed E-state index contributed by atoms with van der Waals surface area (Å²) in [6.45, 7) is 2.75. The first-order valence-corrected chi connectivity index (χ1v) is 8.46. The minimum atomic E-state index is -1.54. The van der Waals surface area contributed by atoms with Gasteiger partial charge in [0.25, 0.3) is 5.91 Å². The van der Waals surface area contributed by atoms with Gasteiger partial charge in [0.05, 0.1) is 12.5 Å². The molecule has 2 unspecified atom stereocenters. The number of nitrogens with zero attached hydrogens (tertiary/aromatic N) is 1. The summed E-state index contributed by atoms with van der Waals surface area (Å²) in [5.74, 6) is -3.64. The first-order chi connectivity index (χ1) is 11.6. The topological polar surface area (TPSA) is 88.0 Å². The third kappa shape index (κ3) is 5.05. The summed E-state index contributed by atoms with van der Waals surface area (Å²) in [6.07, 6.45) is -0.269. The van der Waals surface area contributed by atoms with Gasteiger partial charge in [-0.2, -0.15) is 0 Å². The molecule has 1 heterocycles. The van der Waals surface area contributed by atoms with Gasteiger partial charge in [0.15, 0.2) is 22.3 Å². The highest BCUT2D eigenvalue weighted by Crippen LogP contribution is 2.31. The van der Waals surface area contributed by atoms with Crippen LogP contribution in [0.15, 0.2) is 23.2 Å². The minimum absolute atomic E-state index is 0.146. The molecule has 0 spiro atoms. The van der Waals surface area contributed by atoms with Gasteiger partial charge in [-0.25, -0.2) is 8.78 Å². The molecule has 1 aromatic carbocycles. The molecule has 2 rings (SSSR count). The largest absolute Gasteiger partial charge is 0.481 e. The van der Waals surface area contributed by atoms with Crippen molar-refractivity contribution in [1.29, 1.82) is 0 Å². The first kappa shape index (κ1) is 19.5. The lowest BCUT2D eigenvalue weighted by molar-refractivity contribution is -0.137. The van der Waals surface area contributed by atoms with Crippen molar-refractivity contribution in [2.24, 2.45) is 4.99 Å². The molecule has 1 amide bonds. The maximum absolute atomic E-state index is 13.7. The smallest absolute Gasteiger partial charge is 0.305 e. The van der Waals surface area contributed by atoms with Crippen LogP contribution < -0.4 is 10.1 Å². The fourth-order valence-corrected chi connectivity index (χ4v) is 3.20. The number of aliphatic imine (C=N–C) groups is 1. The number of hydrogen-bond acceptors (Lipinski definition) is 5. The monoisotopic (exact) mass is 392 g/mol. The number of aliphatic carboxylic acids is 1. The van der Waals surface area contributed by atoms with E-state index in [4.69, 9.17) is 21.4 Å². The van der Waals surface area contributed by atoms with E-state index >= 15 is 0 Å². The van der Waals surface area contributed by atoms with E-state index in [1.165, 1.54) is 13.8 Å². The molecular weight excluding hydrogens is 378 g/mol. The predicted molar refractivity (Wildman–Crippen MR) is 89.9 cm³/mol. The number of amidine groups is 1. The Kier molecular flexibility index (Phi) is 5.89. The number of rotatable bonds is 5. The molecule has 25 heavy (non-hydrogen) atoms. The zero-order valence-electron chi connectivity index (χ0n) is 13.3. The molecule has 0 aliphatic carbocycles. The minimum Gasteiger partial charge on any atom is -0.481 e. The average molecular weight is 393 g/mol. The molecule has 10 heteroatoms. The van der Waals surface area contributed by atoms with Crippen molar-refractivity contribution in [2.45, 2.75) is 36.6 Å². The highest BCUT2D eigenvalue weighted by Gasteiger charge is 2.36. The highest BCUT2D eigenvalue weighted by atomic mass is 35.5. The van der Waals surface area contributed by atoms with Crippen molar-refractivity contribution in [1.82, 2.24) is 5.32 Å². The van der Waals surface area contributed by atoms with E-state index in [1.807, 2.05) is 0 Å². The molecule has 0 saturated heterocycles. The van der Waals surface area contributed by atoms with Crippen LogP contribution in [0.3, 0.4) is 0 Å². The Morgan fingerprint density at radius 2 is 2.12 bits per heavy atom. The second-order valence-corrected chi connectivity index (χ2v) is 7.57. The van der Waals surface area contributed by atoms with E-state index in [0.717, 1.165) is 30.0 Å². The lowest BCUT2D eigenvalue weighted by Gasteiger charge is -2.25. The molecule has 1 aliphatic heterocycles. The van der Waals surface area contributed by atoms with E-state index in [2.05, 4.69) is 10.3 Å². The zero-order chi connectivity index (χ0) is 18.8. The summed E-state index contributed by atoms with van der Waals surface area (Å²) in [4.78, 5) is 27.1. The van der Waals surface area contributed by atoms with Gasteiger partial charge >= 0.3 is 5.97 Å². The van der Waals surface area contributed by atoms with Crippen LogP contribution in [0.5, 0.6) is 5.75 Å². The van der Waals surface area contributed by atoms with Crippen molar-refractivity contribution in [3.63, 3.8) is 0 Å². The number of thioether (sulfide) groups is 1. The normalized spacial score (nSPS) is 20.1. The standard InChI is InChI=1S/C15H15ClF2N2O4S/c1-15(2,24-10-5-7(17)3-4-8(10)18)13(23)20-14-19-9(6-11(21)22)12(16)25-14/h3-5,9,12H,6H2,1-2H3,(H,21,22)(H,19,20,23). The molecule has 0 aromatic heterocycles. The van der Waals surface area contributed by atoms with Crippen LogP contribution in [0.4, 0.5) is 8.78 Å². The summed E-state index contributed by atoms with van der Waals surface area (Å²) >= 11 is 7.00. The summed E-state index contributed by atoms with van der Waals surface area (Å²) in [6, 6.07) is 1.99. The number of carboxylic acids is 1. The maximum atomic E-state index is 13.7. The highest BCUT2D eigenvalue weighted by molar-refractivity contribution is 8.15. The Labute approximate surface area is 151 Å². The molecule has 0 bridgehead atoms. The van der Waals surface area contributed by atoms with Gasteiger partial charge in [-0.15, -0.1) is 11.6 Å². The fraction of sp³-hybridized carbons (Fsp3) is 0.400. The summed E-state index contributed by atoms with van der Waals surface area (Å²) < 4.78 is 31.5. The van der Waals surface area contributed by atoms with Crippen LogP contribution in [-0.2, 0) is 9.59 Å². The quantitative estimate of drug-likeness (QED) is 0.752. The van der Waals surface area contributed by atoms with Gasteiger partial charge in [-0.3, -0.25) is 14.6 Å². The van der Waals surface area contributed by atoms with Crippen molar-refractivity contribution < 1.29 is 28.2 Å². The summed E-state index contributed by atoms with van der Waals surface area (Å²) in [5, 5.41) is 11.4. The zero-order valence-corrected chi connectivity index (χ0v) is 14.8. The third-order valence-corrected chi connectivity index (χ3v) is 4.75. The van der Waals surface area contributed by atoms with E-state index in [9.17, 15) is 18.4 Å². The Morgan fingerprint density at radius 3 is 2.76 bits per heavy atom. The molecule has 136 valence electrons. The average Bonchev–Trinajstić information content (AvgIpc) is 2.81. The second-order valence-electron chi connectivity index (χ2n) is 5.71. The summed E-state index contributed by atoms with van der Waals surface area (Å²) in [5.41, 5.74) is -1.54. The number of carboxylic acid groups (broad SMARTS) is 1. The van der Waals surface area contributed by atoms with Gasteiger partial charge in [-0.1, -0.05) is 11.8 Å². The lowest BCUT2D eigenvalue weighted by Crippen LogP contribution is -2.48. The van der Waals surface area contributed by atoms with Crippen molar-refractivity contribution in [2.75, 3.05) is 0 Å². The SMILES string of the molecule is CC(C)(Oc1cc(F)ccc1F)C(=O)NC1=NC(CC(=O)O)C(Cl)S1. The first-order valence-electron chi connectivity index (χ1n) is 7.14. The van der Waals surface area contributed by atoms with Crippen molar-refractivity contribution in [3.05, 3.63) is 29.8 Å². The molecule has 1 aromatic rings. The van der Waals surface area contributed by atoms with E-state index in [-0.39, 0.29) is 11.6 Å². The van der Waals surface area contributed by atoms with Crippen LogP contribution in [0, 0.1) is 11.6 Å². The molecular formula is C15H15ClF2N2O4S. The maximum Gasteiger partial charge on any atom is 0.305 e. The molecule has 0 saturated carbocycles. The molecule has 1 aliphatic rings. The molecule has 2 atom stereocenters. The number of ether oxygens (including phenoxy) is 1. The van der Waals surface area contributed by atoms with Gasteiger partial charge in [0.2, 0.25) is 0 Å². The molecule has 0 fully saturated rings. The second kappa shape index (κ2) is 7.57. The number of benzene rings is 1. The Balaban J connectivity index is 2.06. The molecule has 0 radical (unpaired) electrons. The van der Waals surface area contributed by atoms with Gasteiger partial charge < -0.3 is 15.2 Å². The predicted octanol–water partition coefficient (Wildman–Crippen LogP) is 2.75. The Hall–Kier alpha value is -1.87. The van der Waals surface area contributed by atoms with E-state index < -0.39 is 45.6 Å². The number of nitrogens with one attached hydrogen (secondary N) is 1. The molecule has 2 N–H and O–H groups in total. The van der Waals surface area contributed by atoms with Crippen molar-refractivity contribution in [3.8, 4) is 5.75 Å². The lowest BCUT2D eigenvalue weighted by atomic mass is 10.1. The van der Waals surface area contributed by atoms with Crippen molar-refractivity contribution >= 4 is 40.4 Å². The van der Waals surface area contributed by atoms with Gasteiger partial charge in [0.1, 0.15) is 10.5 Å². The van der Waals surface area contributed by atoms with Crippen LogP contribution in [-0.4, -0.2) is 38.5 Å². The molecule has 6 nitrogen and oxygen atoms in total. The van der Waals surface area contributed by atoms with Crippen LogP contribution in [0.2, 0.25) is 0 Å². The van der Waals surface area contributed by atoms with Crippen LogP contribution in [0.1, 0.15) is 20.3 Å². The number of alkyl halides is 1. The Bertz CT molecular complexity index is 729. The van der Waals surface area contributed by atoms with E-state index in [0.29, 0.717) is 0 Å². The fourth-order valence-electron chi connectivity index (χ4n) is 1.93. The number of halogens is 3. The number of carbonyl (C=O) groups excluding carboxylic acids is 1. The Morgan fingerprint density at radius 1 is 1.44 bits per heavy atom.